The van der Waals surface area contributed by atoms with E-state index in [0.717, 1.165) is 43.5 Å². The first-order valence-corrected chi connectivity index (χ1v) is 11.7. The van der Waals surface area contributed by atoms with Crippen molar-refractivity contribution in [3.63, 3.8) is 0 Å². The number of rotatable bonds is 5. The summed E-state index contributed by atoms with van der Waals surface area (Å²) in [5.41, 5.74) is -0.885. The van der Waals surface area contributed by atoms with Crippen LogP contribution in [0, 0.1) is 5.92 Å². The van der Waals surface area contributed by atoms with E-state index in [4.69, 9.17) is 0 Å². The van der Waals surface area contributed by atoms with Gasteiger partial charge in [0.1, 0.15) is 0 Å². The second kappa shape index (κ2) is 9.23. The number of halogens is 3. The van der Waals surface area contributed by atoms with Crippen LogP contribution in [0.4, 0.5) is 13.2 Å². The third-order valence-electron chi connectivity index (χ3n) is 5.98. The molecule has 1 aliphatic heterocycles. The molecule has 1 N–H and O–H groups in total. The third-order valence-corrected chi connectivity index (χ3v) is 7.89. The summed E-state index contributed by atoms with van der Waals surface area (Å²) >= 11 is 0. The van der Waals surface area contributed by atoms with E-state index in [9.17, 15) is 26.4 Å². The number of hydrogen-bond donors (Lipinski definition) is 1. The largest absolute Gasteiger partial charge is 0.416 e. The zero-order chi connectivity index (χ0) is 21.9. The van der Waals surface area contributed by atoms with Gasteiger partial charge in [-0.25, -0.2) is 8.42 Å². The maximum atomic E-state index is 12.7. The van der Waals surface area contributed by atoms with Crippen molar-refractivity contribution < 1.29 is 26.4 Å². The molecule has 1 saturated heterocycles. The first kappa shape index (κ1) is 23.0. The Morgan fingerprint density at radius 1 is 1.07 bits per heavy atom. The molecular weight excluding hydrogens is 419 g/mol. The van der Waals surface area contributed by atoms with Crippen molar-refractivity contribution in [2.45, 2.75) is 49.7 Å². The Hall–Kier alpha value is -1.65. The average molecular weight is 448 g/mol. The Balaban J connectivity index is 1.52. The summed E-state index contributed by atoms with van der Waals surface area (Å²) in [7, 11) is -3.87. The lowest BCUT2D eigenvalue weighted by Gasteiger charge is -2.34. The normalized spacial score (nSPS) is 24.5. The maximum Gasteiger partial charge on any atom is 0.416 e. The SMILES string of the molecule is CC1CCCCC1NC(=O)CN1CCN(S(=O)(=O)c2ccc(C(F)(F)F)cc2)CC1. The van der Waals surface area contributed by atoms with Gasteiger partial charge in [0.2, 0.25) is 15.9 Å². The Kier molecular flexibility index (Phi) is 7.09. The monoisotopic (exact) mass is 447 g/mol. The van der Waals surface area contributed by atoms with Gasteiger partial charge in [0.15, 0.2) is 0 Å². The standard InChI is InChI=1S/C20H28F3N3O3S/c1-15-4-2-3-5-18(15)24-19(27)14-25-10-12-26(13-11-25)30(28,29)17-8-6-16(7-9-17)20(21,22)23/h6-9,15,18H,2-5,10-14H2,1H3,(H,24,27). The number of hydrogen-bond acceptors (Lipinski definition) is 4. The fraction of sp³-hybridized carbons (Fsp3) is 0.650. The minimum absolute atomic E-state index is 0.0483. The summed E-state index contributed by atoms with van der Waals surface area (Å²) in [4.78, 5) is 14.1. The van der Waals surface area contributed by atoms with Crippen molar-refractivity contribution in [3.05, 3.63) is 29.8 Å². The van der Waals surface area contributed by atoms with Gasteiger partial charge in [-0.2, -0.15) is 17.5 Å². The molecule has 1 aromatic rings. The smallest absolute Gasteiger partial charge is 0.352 e. The molecule has 2 aliphatic rings. The van der Waals surface area contributed by atoms with E-state index in [0.29, 0.717) is 19.0 Å². The van der Waals surface area contributed by atoms with Crippen molar-refractivity contribution >= 4 is 15.9 Å². The van der Waals surface area contributed by atoms with Gasteiger partial charge in [0.05, 0.1) is 17.0 Å². The molecule has 1 aromatic carbocycles. The van der Waals surface area contributed by atoms with Crippen LogP contribution in [0.15, 0.2) is 29.2 Å². The number of alkyl halides is 3. The Bertz CT molecular complexity index is 835. The van der Waals surface area contributed by atoms with Gasteiger partial charge in [0.25, 0.3) is 0 Å². The van der Waals surface area contributed by atoms with Gasteiger partial charge < -0.3 is 5.32 Å². The highest BCUT2D eigenvalue weighted by Gasteiger charge is 2.33. The molecule has 0 aromatic heterocycles. The zero-order valence-corrected chi connectivity index (χ0v) is 17.8. The van der Waals surface area contributed by atoms with Gasteiger partial charge in [-0.1, -0.05) is 19.8 Å². The van der Waals surface area contributed by atoms with Crippen LogP contribution in [0.5, 0.6) is 0 Å². The Labute approximate surface area is 175 Å². The molecule has 2 unspecified atom stereocenters. The molecule has 0 radical (unpaired) electrons. The number of carbonyl (C=O) groups is 1. The Morgan fingerprint density at radius 3 is 2.23 bits per heavy atom. The summed E-state index contributed by atoms with van der Waals surface area (Å²) < 4.78 is 64.8. The number of sulfonamides is 1. The summed E-state index contributed by atoms with van der Waals surface area (Å²) in [5.74, 6) is 0.418. The minimum Gasteiger partial charge on any atom is -0.352 e. The van der Waals surface area contributed by atoms with Crippen molar-refractivity contribution in [2.75, 3.05) is 32.7 Å². The van der Waals surface area contributed by atoms with E-state index in [1.165, 1.54) is 10.7 Å². The molecule has 0 bridgehead atoms. The number of carbonyl (C=O) groups excluding carboxylic acids is 1. The van der Waals surface area contributed by atoms with Crippen molar-refractivity contribution in [3.8, 4) is 0 Å². The second-order valence-corrected chi connectivity index (χ2v) is 10.1. The first-order chi connectivity index (χ1) is 14.1. The maximum absolute atomic E-state index is 12.7. The number of nitrogens with zero attached hydrogens (tertiary/aromatic N) is 2. The van der Waals surface area contributed by atoms with Crippen LogP contribution in [0.1, 0.15) is 38.2 Å². The first-order valence-electron chi connectivity index (χ1n) is 10.3. The van der Waals surface area contributed by atoms with Crippen LogP contribution in [-0.2, 0) is 21.0 Å². The lowest BCUT2D eigenvalue weighted by atomic mass is 9.86. The van der Waals surface area contributed by atoms with Crippen molar-refractivity contribution in [2.24, 2.45) is 5.92 Å². The fourth-order valence-electron chi connectivity index (χ4n) is 4.08. The van der Waals surface area contributed by atoms with Crippen molar-refractivity contribution in [1.29, 1.82) is 0 Å². The molecule has 2 atom stereocenters. The van der Waals surface area contributed by atoms with Crippen LogP contribution in [0.25, 0.3) is 0 Å². The van der Waals surface area contributed by atoms with Gasteiger partial charge in [-0.3, -0.25) is 9.69 Å². The predicted octanol–water partition coefficient (Wildman–Crippen LogP) is 2.71. The van der Waals surface area contributed by atoms with Gasteiger partial charge in [-0.15, -0.1) is 0 Å². The van der Waals surface area contributed by atoms with Gasteiger partial charge in [0, 0.05) is 32.2 Å². The van der Waals surface area contributed by atoms with Crippen LogP contribution in [0.2, 0.25) is 0 Å². The average Bonchev–Trinajstić information content (AvgIpc) is 2.69. The molecule has 0 spiro atoms. The van der Waals surface area contributed by atoms with Crippen LogP contribution in [0.3, 0.4) is 0 Å². The summed E-state index contributed by atoms with van der Waals surface area (Å²) in [5, 5.41) is 3.10. The molecule has 10 heteroatoms. The summed E-state index contributed by atoms with van der Waals surface area (Å²) in [6, 6.07) is 3.74. The van der Waals surface area contributed by atoms with Crippen molar-refractivity contribution in [1.82, 2.24) is 14.5 Å². The minimum atomic E-state index is -4.51. The van der Waals surface area contributed by atoms with Crippen LogP contribution < -0.4 is 5.32 Å². The molecule has 1 amide bonds. The van der Waals surface area contributed by atoms with E-state index in [1.807, 2.05) is 4.90 Å². The number of nitrogens with one attached hydrogen (secondary N) is 1. The molecule has 1 heterocycles. The molecule has 30 heavy (non-hydrogen) atoms. The lowest BCUT2D eigenvalue weighted by Crippen LogP contribution is -2.52. The molecule has 1 saturated carbocycles. The van der Waals surface area contributed by atoms with E-state index >= 15 is 0 Å². The van der Waals surface area contributed by atoms with Crippen LogP contribution in [-0.4, -0.2) is 62.3 Å². The van der Waals surface area contributed by atoms with E-state index < -0.39 is 21.8 Å². The molecule has 3 rings (SSSR count). The number of amides is 1. The Morgan fingerprint density at radius 2 is 1.67 bits per heavy atom. The molecular formula is C20H28F3N3O3S. The van der Waals surface area contributed by atoms with Gasteiger partial charge >= 0.3 is 6.18 Å². The van der Waals surface area contributed by atoms with Crippen LogP contribution >= 0.6 is 0 Å². The molecule has 168 valence electrons. The molecule has 2 fully saturated rings. The number of piperazine rings is 1. The molecule has 1 aliphatic carbocycles. The predicted molar refractivity (Wildman–Crippen MR) is 106 cm³/mol. The highest BCUT2D eigenvalue weighted by atomic mass is 32.2. The van der Waals surface area contributed by atoms with E-state index in [1.54, 1.807) is 0 Å². The second-order valence-electron chi connectivity index (χ2n) is 8.14. The topological polar surface area (TPSA) is 69.7 Å². The summed E-state index contributed by atoms with van der Waals surface area (Å²) in [6.45, 7) is 3.54. The fourth-order valence-corrected chi connectivity index (χ4v) is 5.50. The van der Waals surface area contributed by atoms with Gasteiger partial charge in [-0.05, 0) is 43.0 Å². The quantitative estimate of drug-likeness (QED) is 0.754. The number of benzene rings is 1. The van der Waals surface area contributed by atoms with E-state index in [-0.39, 0.29) is 36.5 Å². The third kappa shape index (κ3) is 5.53. The highest BCUT2D eigenvalue weighted by Crippen LogP contribution is 2.30. The summed E-state index contributed by atoms with van der Waals surface area (Å²) in [6.07, 6.45) is -0.0833. The highest BCUT2D eigenvalue weighted by molar-refractivity contribution is 7.89. The molecule has 6 nitrogen and oxygen atoms in total. The lowest BCUT2D eigenvalue weighted by molar-refractivity contribution is -0.137. The van der Waals surface area contributed by atoms with E-state index in [2.05, 4.69) is 12.2 Å². The zero-order valence-electron chi connectivity index (χ0n) is 17.0.